The molecular weight excluding hydrogens is 326 g/mol. The van der Waals surface area contributed by atoms with Gasteiger partial charge in [-0.1, -0.05) is 30.3 Å². The number of piperazine rings is 1. The van der Waals surface area contributed by atoms with E-state index < -0.39 is 0 Å². The molecule has 2 heterocycles. The predicted octanol–water partition coefficient (Wildman–Crippen LogP) is 2.53. The molecule has 0 aromatic heterocycles. The fourth-order valence-electron chi connectivity index (χ4n) is 3.75. The van der Waals surface area contributed by atoms with Crippen molar-refractivity contribution < 1.29 is 9.90 Å². The molecule has 2 saturated heterocycles. The zero-order valence-electron chi connectivity index (χ0n) is 14.6. The van der Waals surface area contributed by atoms with Gasteiger partial charge < -0.3 is 20.2 Å². The van der Waals surface area contributed by atoms with Crippen molar-refractivity contribution in [3.05, 3.63) is 66.2 Å². The molecule has 5 nitrogen and oxygen atoms in total. The number of phenolic OH excluding ortho intramolecular Hbond substituents is 1. The Morgan fingerprint density at radius 2 is 1.85 bits per heavy atom. The van der Waals surface area contributed by atoms with Crippen molar-refractivity contribution in [2.45, 2.75) is 12.5 Å². The molecule has 2 aliphatic heterocycles. The van der Waals surface area contributed by atoms with Crippen LogP contribution in [0.4, 0.5) is 11.4 Å². The van der Waals surface area contributed by atoms with Crippen molar-refractivity contribution in [3.8, 4) is 5.75 Å². The number of nitrogens with zero attached hydrogens (tertiary/aromatic N) is 2. The van der Waals surface area contributed by atoms with Crippen LogP contribution in [-0.2, 0) is 4.79 Å². The van der Waals surface area contributed by atoms with Crippen molar-refractivity contribution in [3.63, 3.8) is 0 Å². The largest absolute Gasteiger partial charge is 0.508 e. The van der Waals surface area contributed by atoms with E-state index in [-0.39, 0.29) is 17.7 Å². The number of anilines is 2. The van der Waals surface area contributed by atoms with Crippen LogP contribution in [0.2, 0.25) is 0 Å². The Labute approximate surface area is 153 Å². The quantitative estimate of drug-likeness (QED) is 0.836. The minimum absolute atomic E-state index is 0.0395. The molecule has 5 heteroatoms. The lowest BCUT2D eigenvalue weighted by Gasteiger charge is -2.43. The van der Waals surface area contributed by atoms with E-state index in [9.17, 15) is 9.90 Å². The molecule has 4 rings (SSSR count). The number of aromatic hydroxyl groups is 1. The molecule has 2 aliphatic rings. The number of amides is 1. The molecule has 134 valence electrons. The van der Waals surface area contributed by atoms with Crippen molar-refractivity contribution in [1.82, 2.24) is 5.32 Å². The van der Waals surface area contributed by atoms with Gasteiger partial charge in [0.25, 0.3) is 0 Å². The Hall–Kier alpha value is -2.95. The van der Waals surface area contributed by atoms with Gasteiger partial charge in [-0.15, -0.1) is 0 Å². The lowest BCUT2D eigenvalue weighted by molar-refractivity contribution is -0.116. The van der Waals surface area contributed by atoms with Crippen molar-refractivity contribution >= 4 is 17.3 Å². The molecule has 1 unspecified atom stereocenters. The van der Waals surface area contributed by atoms with Crippen LogP contribution >= 0.6 is 0 Å². The van der Waals surface area contributed by atoms with Crippen LogP contribution in [0.1, 0.15) is 6.42 Å². The summed E-state index contributed by atoms with van der Waals surface area (Å²) in [5.41, 5.74) is 3.04. The van der Waals surface area contributed by atoms with E-state index in [0.29, 0.717) is 6.54 Å². The number of carbonyl (C=O) groups is 1. The number of nitrogens with one attached hydrogen (secondary N) is 1. The minimum Gasteiger partial charge on any atom is -0.508 e. The first-order chi connectivity index (χ1) is 12.7. The van der Waals surface area contributed by atoms with Crippen LogP contribution in [0.25, 0.3) is 0 Å². The summed E-state index contributed by atoms with van der Waals surface area (Å²) in [6.07, 6.45) is 2.87. The highest BCUT2D eigenvalue weighted by molar-refractivity contribution is 5.95. The fourth-order valence-corrected chi connectivity index (χ4v) is 3.75. The van der Waals surface area contributed by atoms with Crippen LogP contribution in [0.15, 0.2) is 66.2 Å². The summed E-state index contributed by atoms with van der Waals surface area (Å²) in [5, 5.41) is 12.8. The van der Waals surface area contributed by atoms with Crippen LogP contribution in [0, 0.1) is 0 Å². The van der Waals surface area contributed by atoms with Gasteiger partial charge in [-0.25, -0.2) is 0 Å². The van der Waals surface area contributed by atoms with E-state index in [1.165, 1.54) is 5.69 Å². The van der Waals surface area contributed by atoms with Gasteiger partial charge in [-0.2, -0.15) is 0 Å². The number of phenols is 1. The molecule has 2 fully saturated rings. The highest BCUT2D eigenvalue weighted by Crippen LogP contribution is 2.28. The lowest BCUT2D eigenvalue weighted by Crippen LogP contribution is -2.53. The van der Waals surface area contributed by atoms with Crippen molar-refractivity contribution in [1.29, 1.82) is 0 Å². The van der Waals surface area contributed by atoms with Gasteiger partial charge in [-0.3, -0.25) is 4.79 Å². The van der Waals surface area contributed by atoms with Crippen LogP contribution in [0.5, 0.6) is 5.75 Å². The van der Waals surface area contributed by atoms with E-state index in [2.05, 4.69) is 45.5 Å². The summed E-state index contributed by atoms with van der Waals surface area (Å²) in [4.78, 5) is 16.7. The number of benzene rings is 2. The number of para-hydroxylation sites is 1. The van der Waals surface area contributed by atoms with Crippen molar-refractivity contribution in [2.75, 3.05) is 36.0 Å². The molecule has 0 spiro atoms. The Balaban J connectivity index is 1.64. The van der Waals surface area contributed by atoms with Gasteiger partial charge in [0.15, 0.2) is 0 Å². The minimum atomic E-state index is 0.0395. The maximum Gasteiger partial charge on any atom is 0.247 e. The SMILES string of the molecule is O=C1NCC/C1=C/C1CN(c2ccccc2)CCN1c1cccc(O)c1. The number of carbonyl (C=O) groups excluding carboxylic acids is 1. The Morgan fingerprint density at radius 1 is 1.04 bits per heavy atom. The van der Waals surface area contributed by atoms with Crippen LogP contribution in [-0.4, -0.2) is 43.2 Å². The Morgan fingerprint density at radius 3 is 2.58 bits per heavy atom. The summed E-state index contributed by atoms with van der Waals surface area (Å²) in [6.45, 7) is 3.24. The molecule has 1 atom stereocenters. The smallest absolute Gasteiger partial charge is 0.247 e. The monoisotopic (exact) mass is 349 g/mol. The summed E-state index contributed by atoms with van der Waals surface area (Å²) >= 11 is 0. The summed E-state index contributed by atoms with van der Waals surface area (Å²) in [6, 6.07) is 17.8. The van der Waals surface area contributed by atoms with Gasteiger partial charge in [0.05, 0.1) is 6.04 Å². The molecule has 0 saturated carbocycles. The highest BCUT2D eigenvalue weighted by atomic mass is 16.3. The normalized spacial score (nSPS) is 21.9. The zero-order chi connectivity index (χ0) is 17.9. The molecule has 0 aliphatic carbocycles. The molecule has 0 bridgehead atoms. The first-order valence-electron chi connectivity index (χ1n) is 9.05. The zero-order valence-corrected chi connectivity index (χ0v) is 14.6. The van der Waals surface area contributed by atoms with Crippen molar-refractivity contribution in [2.24, 2.45) is 0 Å². The van der Waals surface area contributed by atoms with Gasteiger partial charge in [0.2, 0.25) is 5.91 Å². The van der Waals surface area contributed by atoms with Crippen LogP contribution < -0.4 is 15.1 Å². The summed E-state index contributed by atoms with van der Waals surface area (Å²) in [7, 11) is 0. The Kier molecular flexibility index (Phi) is 4.52. The molecular formula is C21H23N3O2. The average molecular weight is 349 g/mol. The molecule has 26 heavy (non-hydrogen) atoms. The second-order valence-corrected chi connectivity index (χ2v) is 6.76. The molecule has 2 aromatic carbocycles. The second kappa shape index (κ2) is 7.12. The number of hydrogen-bond acceptors (Lipinski definition) is 4. The predicted molar refractivity (Wildman–Crippen MR) is 104 cm³/mol. The Bertz CT molecular complexity index is 819. The maximum atomic E-state index is 12.0. The third-order valence-electron chi connectivity index (χ3n) is 5.07. The lowest BCUT2D eigenvalue weighted by atomic mass is 10.0. The average Bonchev–Trinajstić information content (AvgIpc) is 3.07. The number of hydrogen-bond donors (Lipinski definition) is 2. The molecule has 1 amide bonds. The third kappa shape index (κ3) is 3.38. The second-order valence-electron chi connectivity index (χ2n) is 6.76. The highest BCUT2D eigenvalue weighted by Gasteiger charge is 2.28. The maximum absolute atomic E-state index is 12.0. The van der Waals surface area contributed by atoms with Crippen LogP contribution in [0.3, 0.4) is 0 Å². The topological polar surface area (TPSA) is 55.8 Å². The van der Waals surface area contributed by atoms with E-state index in [1.807, 2.05) is 18.2 Å². The van der Waals surface area contributed by atoms with Gasteiger partial charge in [-0.05, 0) is 30.7 Å². The first-order valence-corrected chi connectivity index (χ1v) is 9.05. The molecule has 2 N–H and O–H groups in total. The van der Waals surface area contributed by atoms with E-state index in [1.54, 1.807) is 12.1 Å². The van der Waals surface area contributed by atoms with E-state index in [0.717, 1.165) is 37.3 Å². The summed E-state index contributed by atoms with van der Waals surface area (Å²) in [5.74, 6) is 0.302. The molecule has 0 radical (unpaired) electrons. The first kappa shape index (κ1) is 16.5. The number of rotatable bonds is 3. The van der Waals surface area contributed by atoms with Gasteiger partial charge >= 0.3 is 0 Å². The van der Waals surface area contributed by atoms with Gasteiger partial charge in [0.1, 0.15) is 5.75 Å². The van der Waals surface area contributed by atoms with E-state index >= 15 is 0 Å². The third-order valence-corrected chi connectivity index (χ3v) is 5.07. The molecule has 2 aromatic rings. The fraction of sp³-hybridized carbons (Fsp3) is 0.286. The standard InChI is InChI=1S/C21H23N3O2/c25-20-8-4-7-18(14-20)24-12-11-23(17-5-2-1-3-6-17)15-19(24)13-16-9-10-22-21(16)26/h1-8,13-14,19,25H,9-12,15H2,(H,22,26)/b16-13-. The van der Waals surface area contributed by atoms with Gasteiger partial charge in [0, 0.05) is 49.2 Å². The van der Waals surface area contributed by atoms with E-state index in [4.69, 9.17) is 0 Å². The summed E-state index contributed by atoms with van der Waals surface area (Å²) < 4.78 is 0.